The van der Waals surface area contributed by atoms with Crippen LogP contribution in [-0.2, 0) is 19.2 Å². The van der Waals surface area contributed by atoms with E-state index in [1.54, 1.807) is 19.1 Å². The molecule has 4 rings (SSSR count). The monoisotopic (exact) mass is 458 g/mol. The molecule has 1 aromatic rings. The molecule has 1 aromatic carbocycles. The van der Waals surface area contributed by atoms with E-state index in [1.807, 2.05) is 0 Å². The lowest BCUT2D eigenvalue weighted by Gasteiger charge is -2.56. The van der Waals surface area contributed by atoms with E-state index in [0.29, 0.717) is 12.0 Å². The number of ketones is 4. The van der Waals surface area contributed by atoms with E-state index in [2.05, 4.69) is 0 Å². The molecule has 0 radical (unpaired) electrons. The average Bonchev–Trinajstić information content (AvgIpc) is 2.73. The van der Waals surface area contributed by atoms with Gasteiger partial charge < -0.3 is 21.1 Å². The number of carbonyl (C=O) groups excluding carboxylic acids is 5. The Bertz CT molecular complexity index is 1100. The molecule has 0 aliphatic heterocycles. The third-order valence-corrected chi connectivity index (χ3v) is 7.59. The summed E-state index contributed by atoms with van der Waals surface area (Å²) >= 11 is 0. The topological polar surface area (TPSA) is 175 Å². The van der Waals surface area contributed by atoms with Gasteiger partial charge in [0.25, 0.3) is 0 Å². The van der Waals surface area contributed by atoms with Crippen LogP contribution < -0.4 is 5.73 Å². The number of likely N-dealkylation sites (N-methyl/N-ethyl adjacent to an activating group) is 1. The Kier molecular flexibility index (Phi) is 5.31. The summed E-state index contributed by atoms with van der Waals surface area (Å²) in [6.07, 6.45) is -1.24. The molecule has 10 nitrogen and oxygen atoms in total. The van der Waals surface area contributed by atoms with E-state index in [1.165, 1.54) is 25.1 Å². The van der Waals surface area contributed by atoms with E-state index in [9.17, 15) is 39.3 Å². The van der Waals surface area contributed by atoms with Crippen molar-refractivity contribution in [1.82, 2.24) is 4.90 Å². The van der Waals surface area contributed by atoms with Crippen molar-refractivity contribution in [2.45, 2.75) is 37.0 Å². The van der Waals surface area contributed by atoms with Crippen molar-refractivity contribution in [2.75, 3.05) is 14.1 Å². The Morgan fingerprint density at radius 1 is 1.15 bits per heavy atom. The quantitative estimate of drug-likeness (QED) is 0.405. The van der Waals surface area contributed by atoms with E-state index < -0.39 is 76.4 Å². The van der Waals surface area contributed by atoms with E-state index >= 15 is 0 Å². The van der Waals surface area contributed by atoms with Crippen LogP contribution in [0.15, 0.2) is 18.2 Å². The smallest absolute Gasteiger partial charge is 0.235 e. The summed E-state index contributed by atoms with van der Waals surface area (Å²) in [5.74, 6) is -12.9. The van der Waals surface area contributed by atoms with Gasteiger partial charge in [-0.05, 0) is 38.1 Å². The van der Waals surface area contributed by atoms with Crippen LogP contribution in [0.2, 0.25) is 0 Å². The maximum atomic E-state index is 13.7. The second-order valence-electron chi connectivity index (χ2n) is 9.33. The molecule has 0 spiro atoms. The first-order valence-corrected chi connectivity index (χ1v) is 10.8. The van der Waals surface area contributed by atoms with Gasteiger partial charge in [-0.15, -0.1) is 0 Å². The lowest BCUT2D eigenvalue weighted by molar-refractivity contribution is -0.197. The third kappa shape index (κ3) is 2.81. The van der Waals surface area contributed by atoms with Gasteiger partial charge in [-0.1, -0.05) is 19.1 Å². The number of rotatable bonds is 3. The van der Waals surface area contributed by atoms with Crippen LogP contribution in [0.4, 0.5) is 0 Å². The number of carbonyl (C=O) groups is 5. The maximum Gasteiger partial charge on any atom is 0.235 e. The lowest BCUT2D eigenvalue weighted by Crippen LogP contribution is -2.77. The molecule has 2 saturated carbocycles. The number of aliphatic hydroxyl groups is 2. The zero-order chi connectivity index (χ0) is 24.6. The largest absolute Gasteiger partial charge is 0.507 e. The second-order valence-corrected chi connectivity index (χ2v) is 9.33. The molecule has 5 N–H and O–H groups in total. The fraction of sp³-hybridized carbons (Fsp3) is 0.522. The standard InChI is InChI=1S/C23H26N2O8/c1-4-8-9-6-5-7-10(26)11(9)17(27)13-12(8)18(28)15-16(25(2)3)19(29)14(22(24)32)21(31)23(15,33)20(13)30/h5-8,12-16,18,26,28,33H,4H2,1-3H3,(H2,24,32)/t8-,12+,13?,14?,15+,16-,18-,23-/m0/s1. The molecule has 3 aliphatic carbocycles. The molecular formula is C23H26N2O8. The zero-order valence-electron chi connectivity index (χ0n) is 18.4. The number of Topliss-reactive ketones (excluding diaryl/α,β-unsaturated/α-hetero) is 4. The first kappa shape index (κ1) is 23.2. The van der Waals surface area contributed by atoms with Gasteiger partial charge in [-0.2, -0.15) is 0 Å². The number of benzene rings is 1. The molecule has 0 aromatic heterocycles. The number of hydrogen-bond donors (Lipinski definition) is 4. The van der Waals surface area contributed by atoms with Crippen molar-refractivity contribution in [2.24, 2.45) is 29.4 Å². The molecule has 176 valence electrons. The predicted octanol–water partition coefficient (Wildman–Crippen LogP) is -1.21. The molecule has 2 unspecified atom stereocenters. The highest BCUT2D eigenvalue weighted by atomic mass is 16.3. The van der Waals surface area contributed by atoms with Gasteiger partial charge in [-0.25, -0.2) is 0 Å². The minimum atomic E-state index is -2.97. The number of amides is 1. The molecule has 1 amide bonds. The van der Waals surface area contributed by atoms with E-state index in [-0.39, 0.29) is 11.3 Å². The van der Waals surface area contributed by atoms with Crippen molar-refractivity contribution in [3.8, 4) is 5.75 Å². The van der Waals surface area contributed by atoms with Crippen molar-refractivity contribution >= 4 is 29.0 Å². The molecule has 0 bridgehead atoms. The highest BCUT2D eigenvalue weighted by molar-refractivity contribution is 6.32. The first-order valence-electron chi connectivity index (χ1n) is 10.8. The number of primary amides is 1. The van der Waals surface area contributed by atoms with Crippen LogP contribution in [0.3, 0.4) is 0 Å². The van der Waals surface area contributed by atoms with Gasteiger partial charge in [0.05, 0.1) is 29.5 Å². The Balaban J connectivity index is 1.98. The normalized spacial score (nSPS) is 38.1. The Hall–Kier alpha value is -2.95. The number of nitrogens with zero attached hydrogens (tertiary/aromatic N) is 1. The predicted molar refractivity (Wildman–Crippen MR) is 112 cm³/mol. The summed E-state index contributed by atoms with van der Waals surface area (Å²) < 4.78 is 0. The Labute approximate surface area is 189 Å². The van der Waals surface area contributed by atoms with Crippen molar-refractivity contribution in [1.29, 1.82) is 0 Å². The van der Waals surface area contributed by atoms with Crippen LogP contribution in [0.25, 0.3) is 0 Å². The molecule has 33 heavy (non-hydrogen) atoms. The van der Waals surface area contributed by atoms with Crippen molar-refractivity contribution in [3.63, 3.8) is 0 Å². The van der Waals surface area contributed by atoms with Crippen LogP contribution in [0.1, 0.15) is 35.2 Å². The summed E-state index contributed by atoms with van der Waals surface area (Å²) in [6, 6.07) is 3.09. The summed E-state index contributed by atoms with van der Waals surface area (Å²) in [6.45, 7) is 1.78. The average molecular weight is 458 g/mol. The molecule has 0 heterocycles. The highest BCUT2D eigenvalue weighted by Crippen LogP contribution is 2.55. The molecular weight excluding hydrogens is 432 g/mol. The maximum absolute atomic E-state index is 13.7. The van der Waals surface area contributed by atoms with Crippen LogP contribution in [-0.4, -0.2) is 81.1 Å². The van der Waals surface area contributed by atoms with E-state index in [0.717, 1.165) is 0 Å². The first-order chi connectivity index (χ1) is 15.4. The Morgan fingerprint density at radius 3 is 2.33 bits per heavy atom. The zero-order valence-corrected chi connectivity index (χ0v) is 18.4. The van der Waals surface area contributed by atoms with Crippen LogP contribution in [0, 0.1) is 23.7 Å². The number of aliphatic hydroxyl groups excluding tert-OH is 1. The van der Waals surface area contributed by atoms with Gasteiger partial charge in [0.1, 0.15) is 5.75 Å². The summed E-state index contributed by atoms with van der Waals surface area (Å²) in [7, 11) is 2.91. The molecule has 3 aliphatic rings. The van der Waals surface area contributed by atoms with Gasteiger partial charge in [-0.3, -0.25) is 28.9 Å². The molecule has 10 heteroatoms. The number of aromatic hydroxyl groups is 1. The van der Waals surface area contributed by atoms with Gasteiger partial charge in [0.2, 0.25) is 5.91 Å². The van der Waals surface area contributed by atoms with Crippen LogP contribution in [0.5, 0.6) is 5.75 Å². The summed E-state index contributed by atoms with van der Waals surface area (Å²) in [5.41, 5.74) is 2.66. The second kappa shape index (κ2) is 7.54. The fourth-order valence-corrected chi connectivity index (χ4v) is 6.26. The minimum Gasteiger partial charge on any atom is -0.507 e. The van der Waals surface area contributed by atoms with E-state index in [4.69, 9.17) is 5.73 Å². The number of nitrogens with two attached hydrogens (primary N) is 1. The Morgan fingerprint density at radius 2 is 1.79 bits per heavy atom. The highest BCUT2D eigenvalue weighted by Gasteiger charge is 2.73. The third-order valence-electron chi connectivity index (χ3n) is 7.59. The molecule has 0 saturated heterocycles. The van der Waals surface area contributed by atoms with Crippen molar-refractivity contribution in [3.05, 3.63) is 29.3 Å². The lowest BCUT2D eigenvalue weighted by atomic mass is 9.49. The minimum absolute atomic E-state index is 0.0943. The van der Waals surface area contributed by atoms with Gasteiger partial charge >= 0.3 is 0 Å². The van der Waals surface area contributed by atoms with Crippen LogP contribution >= 0.6 is 0 Å². The number of fused-ring (bicyclic) bond motifs is 3. The SMILES string of the molecule is CC[C@H]1c2cccc(O)c2C(=O)C2C(=O)[C@]3(O)C(=O)C(C(N)=O)C(=O)[C@@H](N(C)C)[C@@H]3[C@@H](O)[C@@H]21. The number of phenolic OH excluding ortho intramolecular Hbond substituents is 1. The molecule has 2 fully saturated rings. The molecule has 8 atom stereocenters. The van der Waals surface area contributed by atoms with Crippen molar-refractivity contribution < 1.29 is 39.3 Å². The fourth-order valence-electron chi connectivity index (χ4n) is 6.26. The number of phenols is 1. The summed E-state index contributed by atoms with van der Waals surface area (Å²) in [4.78, 5) is 66.8. The van der Waals surface area contributed by atoms with Gasteiger partial charge in [0.15, 0.2) is 34.7 Å². The number of hydrogen-bond acceptors (Lipinski definition) is 9. The summed E-state index contributed by atoms with van der Waals surface area (Å²) in [5, 5.41) is 33.4. The van der Waals surface area contributed by atoms with Gasteiger partial charge in [0, 0.05) is 5.92 Å².